The molecule has 2 unspecified atom stereocenters. The van der Waals surface area contributed by atoms with E-state index in [-0.39, 0.29) is 29.9 Å². The number of benzene rings is 1. The first kappa shape index (κ1) is 22.7. The second-order valence-electron chi connectivity index (χ2n) is 8.50. The molecule has 2 atom stereocenters. The summed E-state index contributed by atoms with van der Waals surface area (Å²) in [6, 6.07) is 7.62. The van der Waals surface area contributed by atoms with Gasteiger partial charge in [-0.05, 0) is 52.5 Å². The van der Waals surface area contributed by atoms with Crippen LogP contribution in [0.3, 0.4) is 0 Å². The third-order valence-electron chi connectivity index (χ3n) is 5.25. The van der Waals surface area contributed by atoms with Gasteiger partial charge in [0.2, 0.25) is 0 Å². The second kappa shape index (κ2) is 8.85. The lowest BCUT2D eigenvalue weighted by Gasteiger charge is -2.34. The first-order chi connectivity index (χ1) is 12.7. The van der Waals surface area contributed by atoms with Gasteiger partial charge in [-0.2, -0.15) is 5.10 Å². The van der Waals surface area contributed by atoms with Crippen LogP contribution in [0, 0.1) is 5.92 Å². The van der Waals surface area contributed by atoms with Gasteiger partial charge in [0.15, 0.2) is 0 Å². The van der Waals surface area contributed by atoms with Crippen molar-refractivity contribution in [2.75, 3.05) is 13.1 Å². The molecule has 1 aromatic heterocycles. The molecule has 2 N–H and O–H groups in total. The molecule has 0 spiro atoms. The van der Waals surface area contributed by atoms with E-state index in [0.717, 1.165) is 24.9 Å². The molecule has 7 heteroatoms. The van der Waals surface area contributed by atoms with Crippen LogP contribution in [0.25, 0.3) is 11.3 Å². The predicted molar refractivity (Wildman–Crippen MR) is 117 cm³/mol. The van der Waals surface area contributed by atoms with Crippen LogP contribution in [0.5, 0.6) is 0 Å². The van der Waals surface area contributed by atoms with Crippen LogP contribution in [-0.4, -0.2) is 39.7 Å². The molecule has 3 rings (SSSR count). The van der Waals surface area contributed by atoms with Gasteiger partial charge in [0.25, 0.3) is 5.91 Å². The molecule has 2 aromatic rings. The summed E-state index contributed by atoms with van der Waals surface area (Å²) in [5.74, 6) is 0.342. The summed E-state index contributed by atoms with van der Waals surface area (Å²) in [5.41, 5.74) is 7.89. The van der Waals surface area contributed by atoms with Crippen molar-refractivity contribution < 1.29 is 4.79 Å². The van der Waals surface area contributed by atoms with E-state index in [4.69, 9.17) is 22.4 Å². The number of amides is 1. The molecule has 154 valence electrons. The van der Waals surface area contributed by atoms with Crippen LogP contribution in [0.4, 0.5) is 0 Å². The number of carbonyl (C=O) groups excluding carboxylic acids is 1. The Hall–Kier alpha value is -1.56. The molecule has 1 amide bonds. The largest absolute Gasteiger partial charge is 0.338 e. The summed E-state index contributed by atoms with van der Waals surface area (Å²) in [6.45, 7) is 9.67. The number of piperidine rings is 1. The van der Waals surface area contributed by atoms with Crippen molar-refractivity contribution in [3.8, 4) is 11.3 Å². The highest BCUT2D eigenvalue weighted by atomic mass is 35.5. The summed E-state index contributed by atoms with van der Waals surface area (Å²) in [4.78, 5) is 15.3. The minimum Gasteiger partial charge on any atom is -0.338 e. The molecule has 1 aliphatic heterocycles. The van der Waals surface area contributed by atoms with E-state index in [2.05, 4.69) is 20.8 Å². The number of hydrogen-bond donors (Lipinski definition) is 1. The van der Waals surface area contributed by atoms with Crippen LogP contribution >= 0.6 is 24.0 Å². The fraction of sp³-hybridized carbons (Fsp3) is 0.524. The SMILES string of the molecule is CC(N)C1CCCN(C(=O)c2cn(C(C)(C)C)nc2-c2ccccc2Cl)C1.Cl. The maximum Gasteiger partial charge on any atom is 0.257 e. The highest BCUT2D eigenvalue weighted by Crippen LogP contribution is 2.32. The summed E-state index contributed by atoms with van der Waals surface area (Å²) in [6.07, 6.45) is 3.91. The minimum absolute atomic E-state index is 0. The lowest BCUT2D eigenvalue weighted by atomic mass is 9.91. The van der Waals surface area contributed by atoms with Gasteiger partial charge < -0.3 is 10.6 Å². The molecule has 28 heavy (non-hydrogen) atoms. The Kier molecular flexibility index (Phi) is 7.18. The van der Waals surface area contributed by atoms with Crippen molar-refractivity contribution in [1.29, 1.82) is 0 Å². The minimum atomic E-state index is -0.231. The van der Waals surface area contributed by atoms with Crippen molar-refractivity contribution in [2.45, 2.75) is 52.1 Å². The Morgan fingerprint density at radius 3 is 2.61 bits per heavy atom. The molecule has 0 radical (unpaired) electrons. The number of likely N-dealkylation sites (tertiary alicyclic amines) is 1. The van der Waals surface area contributed by atoms with E-state index in [1.165, 1.54) is 0 Å². The van der Waals surface area contributed by atoms with Gasteiger partial charge in [0.05, 0.1) is 16.1 Å². The smallest absolute Gasteiger partial charge is 0.257 e. The van der Waals surface area contributed by atoms with Crippen molar-refractivity contribution in [3.05, 3.63) is 41.0 Å². The average Bonchev–Trinajstić information content (AvgIpc) is 3.07. The fourth-order valence-corrected chi connectivity index (χ4v) is 3.75. The zero-order chi connectivity index (χ0) is 19.8. The highest BCUT2D eigenvalue weighted by molar-refractivity contribution is 6.33. The zero-order valence-electron chi connectivity index (χ0n) is 17.0. The predicted octanol–water partition coefficient (Wildman–Crippen LogP) is 4.58. The van der Waals surface area contributed by atoms with Gasteiger partial charge in [-0.15, -0.1) is 12.4 Å². The van der Waals surface area contributed by atoms with E-state index >= 15 is 0 Å². The summed E-state index contributed by atoms with van der Waals surface area (Å²) >= 11 is 6.42. The standard InChI is InChI=1S/C21H29ClN4O.ClH/c1-14(23)15-8-7-11-25(12-15)20(27)17-13-26(21(2,3)4)24-19(17)16-9-5-6-10-18(16)22;/h5-6,9-10,13-15H,7-8,11-12,23H2,1-4H3;1H. The van der Waals surface area contributed by atoms with E-state index in [0.29, 0.717) is 28.7 Å². The molecule has 1 fully saturated rings. The Morgan fingerprint density at radius 2 is 2.00 bits per heavy atom. The summed E-state index contributed by atoms with van der Waals surface area (Å²) < 4.78 is 1.85. The number of halogens is 2. The molecule has 2 heterocycles. The monoisotopic (exact) mass is 424 g/mol. The molecular weight excluding hydrogens is 395 g/mol. The molecule has 0 saturated carbocycles. The maximum absolute atomic E-state index is 13.4. The van der Waals surface area contributed by atoms with Crippen LogP contribution < -0.4 is 5.73 Å². The first-order valence-corrected chi connectivity index (χ1v) is 9.96. The molecule has 5 nitrogen and oxygen atoms in total. The van der Waals surface area contributed by atoms with Crippen LogP contribution in [-0.2, 0) is 5.54 Å². The fourth-order valence-electron chi connectivity index (χ4n) is 3.52. The number of carbonyl (C=O) groups is 1. The van der Waals surface area contributed by atoms with Crippen LogP contribution in [0.15, 0.2) is 30.5 Å². The Morgan fingerprint density at radius 1 is 1.32 bits per heavy atom. The average molecular weight is 425 g/mol. The first-order valence-electron chi connectivity index (χ1n) is 9.58. The summed E-state index contributed by atoms with van der Waals surface area (Å²) in [7, 11) is 0. The lowest BCUT2D eigenvalue weighted by Crippen LogP contribution is -2.45. The second-order valence-corrected chi connectivity index (χ2v) is 8.91. The van der Waals surface area contributed by atoms with E-state index in [1.807, 2.05) is 47.0 Å². The van der Waals surface area contributed by atoms with Gasteiger partial charge >= 0.3 is 0 Å². The van der Waals surface area contributed by atoms with Gasteiger partial charge in [0.1, 0.15) is 5.69 Å². The summed E-state index contributed by atoms with van der Waals surface area (Å²) in [5, 5.41) is 5.34. The number of aromatic nitrogens is 2. The quantitative estimate of drug-likeness (QED) is 0.783. The van der Waals surface area contributed by atoms with Crippen LogP contribution in [0.2, 0.25) is 5.02 Å². The normalized spacial score (nSPS) is 18.5. The zero-order valence-corrected chi connectivity index (χ0v) is 18.6. The molecule has 1 saturated heterocycles. The van der Waals surface area contributed by atoms with Gasteiger partial charge in [0, 0.05) is 30.9 Å². The van der Waals surface area contributed by atoms with Crippen molar-refractivity contribution in [3.63, 3.8) is 0 Å². The topological polar surface area (TPSA) is 64.2 Å². The number of hydrogen-bond acceptors (Lipinski definition) is 3. The Balaban J connectivity index is 0.00000280. The van der Waals surface area contributed by atoms with Crippen molar-refractivity contribution in [1.82, 2.24) is 14.7 Å². The van der Waals surface area contributed by atoms with Crippen molar-refractivity contribution in [2.24, 2.45) is 11.7 Å². The highest BCUT2D eigenvalue weighted by Gasteiger charge is 2.30. The van der Waals surface area contributed by atoms with Crippen molar-refractivity contribution >= 4 is 29.9 Å². The van der Waals surface area contributed by atoms with Crippen LogP contribution in [0.1, 0.15) is 50.9 Å². The number of nitrogens with two attached hydrogens (primary N) is 1. The molecule has 1 aliphatic rings. The third kappa shape index (κ3) is 4.70. The Labute approximate surface area is 178 Å². The van der Waals surface area contributed by atoms with E-state index in [1.54, 1.807) is 0 Å². The lowest BCUT2D eigenvalue weighted by molar-refractivity contribution is 0.0661. The molecule has 0 bridgehead atoms. The number of nitrogens with zero attached hydrogens (tertiary/aromatic N) is 3. The molecule has 1 aromatic carbocycles. The van der Waals surface area contributed by atoms with Gasteiger partial charge in [-0.25, -0.2) is 0 Å². The third-order valence-corrected chi connectivity index (χ3v) is 5.58. The van der Waals surface area contributed by atoms with E-state index in [9.17, 15) is 4.79 Å². The maximum atomic E-state index is 13.4. The molecule has 0 aliphatic carbocycles. The van der Waals surface area contributed by atoms with Gasteiger partial charge in [-0.3, -0.25) is 9.48 Å². The molecular formula is C21H30Cl2N4O. The van der Waals surface area contributed by atoms with Gasteiger partial charge in [-0.1, -0.05) is 29.8 Å². The number of rotatable bonds is 3. The Bertz CT molecular complexity index is 826. The van der Waals surface area contributed by atoms with E-state index < -0.39 is 0 Å².